The molecule has 1 nitrogen and oxygen atoms in total. The van der Waals surface area contributed by atoms with Crippen molar-refractivity contribution in [1.29, 1.82) is 0 Å². The number of benzene rings is 1. The van der Waals surface area contributed by atoms with Gasteiger partial charge >= 0.3 is 0 Å². The molecule has 0 aliphatic carbocycles. The van der Waals surface area contributed by atoms with Crippen LogP contribution in [0.4, 0.5) is 0 Å². The van der Waals surface area contributed by atoms with Gasteiger partial charge in [-0.3, -0.25) is 0 Å². The topological polar surface area (TPSA) is 12.0 Å². The minimum absolute atomic E-state index is 0.292. The van der Waals surface area contributed by atoms with Gasteiger partial charge in [-0.2, -0.15) is 0 Å². The molecule has 0 radical (unpaired) electrons. The van der Waals surface area contributed by atoms with Crippen molar-refractivity contribution in [2.45, 2.75) is 44.6 Å². The van der Waals surface area contributed by atoms with E-state index in [1.54, 1.807) is 0 Å². The van der Waals surface area contributed by atoms with Gasteiger partial charge in [0.05, 0.1) is 0 Å². The highest BCUT2D eigenvalue weighted by atomic mass is 32.1. The average molecular weight is 259 g/mol. The van der Waals surface area contributed by atoms with Gasteiger partial charge in [0.15, 0.2) is 0 Å². The zero-order valence-electron chi connectivity index (χ0n) is 11.0. The molecule has 0 bridgehead atoms. The Morgan fingerprint density at radius 3 is 3.06 bits per heavy atom. The standard InChI is InChI=1S/C16H21NS/c1-16(9-5-2-6-10-17-16)11-13-12-18-15-8-4-3-7-14(13)15/h3-4,7-8,12,17H,2,5-6,9-11H2,1H3. The molecule has 1 aliphatic rings. The summed E-state index contributed by atoms with van der Waals surface area (Å²) in [5.41, 5.74) is 1.81. The Morgan fingerprint density at radius 2 is 2.11 bits per heavy atom. The van der Waals surface area contributed by atoms with E-state index in [1.807, 2.05) is 11.3 Å². The van der Waals surface area contributed by atoms with Crippen LogP contribution in [0.25, 0.3) is 10.1 Å². The first-order valence-corrected chi connectivity index (χ1v) is 7.85. The highest BCUT2D eigenvalue weighted by molar-refractivity contribution is 7.17. The lowest BCUT2D eigenvalue weighted by molar-refractivity contribution is 0.347. The van der Waals surface area contributed by atoms with E-state index in [0.29, 0.717) is 5.54 Å². The molecular formula is C16H21NS. The van der Waals surface area contributed by atoms with Crippen LogP contribution in [0, 0.1) is 0 Å². The first-order valence-electron chi connectivity index (χ1n) is 6.97. The van der Waals surface area contributed by atoms with Crippen molar-refractivity contribution in [3.05, 3.63) is 35.2 Å². The van der Waals surface area contributed by atoms with Crippen molar-refractivity contribution in [2.24, 2.45) is 0 Å². The zero-order valence-corrected chi connectivity index (χ0v) is 11.9. The van der Waals surface area contributed by atoms with E-state index >= 15 is 0 Å². The smallest absolute Gasteiger partial charge is 0.0345 e. The van der Waals surface area contributed by atoms with Crippen LogP contribution >= 0.6 is 11.3 Å². The van der Waals surface area contributed by atoms with Crippen LogP contribution in [0.2, 0.25) is 0 Å². The summed E-state index contributed by atoms with van der Waals surface area (Å²) in [6, 6.07) is 8.78. The summed E-state index contributed by atoms with van der Waals surface area (Å²) in [5, 5.41) is 7.57. The Hall–Kier alpha value is -0.860. The molecule has 18 heavy (non-hydrogen) atoms. The molecule has 1 aromatic heterocycles. The molecule has 0 saturated carbocycles. The molecule has 1 aliphatic heterocycles. The number of hydrogen-bond donors (Lipinski definition) is 1. The number of fused-ring (bicyclic) bond motifs is 1. The minimum atomic E-state index is 0.292. The summed E-state index contributed by atoms with van der Waals surface area (Å²) in [5.74, 6) is 0. The number of hydrogen-bond acceptors (Lipinski definition) is 2. The van der Waals surface area contributed by atoms with Crippen LogP contribution in [-0.2, 0) is 6.42 Å². The van der Waals surface area contributed by atoms with Gasteiger partial charge < -0.3 is 5.32 Å². The van der Waals surface area contributed by atoms with Gasteiger partial charge in [0.25, 0.3) is 0 Å². The first-order chi connectivity index (χ1) is 8.77. The fraction of sp³-hybridized carbons (Fsp3) is 0.500. The Labute approximate surface area is 113 Å². The molecule has 1 N–H and O–H groups in total. The van der Waals surface area contributed by atoms with Gasteiger partial charge in [-0.05, 0) is 55.1 Å². The molecule has 0 spiro atoms. The Bertz CT molecular complexity index is 521. The molecule has 1 unspecified atom stereocenters. The summed E-state index contributed by atoms with van der Waals surface area (Å²) in [7, 11) is 0. The lowest BCUT2D eigenvalue weighted by atomic mass is 9.88. The molecule has 2 heterocycles. The second-order valence-electron chi connectivity index (χ2n) is 5.73. The van der Waals surface area contributed by atoms with Gasteiger partial charge in [0.2, 0.25) is 0 Å². The third-order valence-corrected chi connectivity index (χ3v) is 5.11. The van der Waals surface area contributed by atoms with E-state index in [2.05, 4.69) is 41.9 Å². The average Bonchev–Trinajstić information content (AvgIpc) is 2.64. The molecule has 1 saturated heterocycles. The molecule has 0 amide bonds. The molecule has 1 atom stereocenters. The number of nitrogens with one attached hydrogen (secondary N) is 1. The summed E-state index contributed by atoms with van der Waals surface area (Å²) in [4.78, 5) is 0. The Kier molecular flexibility index (Phi) is 3.40. The summed E-state index contributed by atoms with van der Waals surface area (Å²) in [6.07, 6.45) is 6.55. The van der Waals surface area contributed by atoms with E-state index in [1.165, 1.54) is 47.9 Å². The normalized spacial score (nSPS) is 25.2. The van der Waals surface area contributed by atoms with Gasteiger partial charge in [-0.25, -0.2) is 0 Å². The maximum Gasteiger partial charge on any atom is 0.0345 e. The highest BCUT2D eigenvalue weighted by Gasteiger charge is 2.26. The van der Waals surface area contributed by atoms with E-state index in [-0.39, 0.29) is 0 Å². The van der Waals surface area contributed by atoms with Crippen molar-refractivity contribution in [3.8, 4) is 0 Å². The summed E-state index contributed by atoms with van der Waals surface area (Å²) in [6.45, 7) is 3.57. The molecule has 2 aromatic rings. The van der Waals surface area contributed by atoms with Crippen molar-refractivity contribution in [2.75, 3.05) is 6.54 Å². The van der Waals surface area contributed by atoms with E-state index in [4.69, 9.17) is 0 Å². The van der Waals surface area contributed by atoms with Crippen molar-refractivity contribution in [3.63, 3.8) is 0 Å². The van der Waals surface area contributed by atoms with Crippen LogP contribution < -0.4 is 5.32 Å². The minimum Gasteiger partial charge on any atom is -0.311 e. The molecule has 1 aromatic carbocycles. The van der Waals surface area contributed by atoms with Gasteiger partial charge in [0, 0.05) is 10.2 Å². The van der Waals surface area contributed by atoms with Crippen LogP contribution in [0.5, 0.6) is 0 Å². The molecule has 1 fully saturated rings. The Balaban J connectivity index is 1.86. The van der Waals surface area contributed by atoms with Crippen molar-refractivity contribution in [1.82, 2.24) is 5.32 Å². The lowest BCUT2D eigenvalue weighted by Gasteiger charge is -2.29. The van der Waals surface area contributed by atoms with Crippen LogP contribution in [0.3, 0.4) is 0 Å². The van der Waals surface area contributed by atoms with E-state index in [9.17, 15) is 0 Å². The monoisotopic (exact) mass is 259 g/mol. The predicted molar refractivity (Wildman–Crippen MR) is 80.4 cm³/mol. The summed E-state index contributed by atoms with van der Waals surface area (Å²) >= 11 is 1.88. The van der Waals surface area contributed by atoms with E-state index < -0.39 is 0 Å². The van der Waals surface area contributed by atoms with Gasteiger partial charge in [0.1, 0.15) is 0 Å². The molecular weight excluding hydrogens is 238 g/mol. The SMILES string of the molecule is CC1(Cc2csc3ccccc23)CCCCCN1. The summed E-state index contributed by atoms with van der Waals surface area (Å²) < 4.78 is 1.42. The maximum absolute atomic E-state index is 3.77. The first kappa shape index (κ1) is 12.2. The molecule has 96 valence electrons. The largest absolute Gasteiger partial charge is 0.311 e. The maximum atomic E-state index is 3.77. The number of thiophene rings is 1. The van der Waals surface area contributed by atoms with Crippen molar-refractivity contribution >= 4 is 21.4 Å². The van der Waals surface area contributed by atoms with Crippen molar-refractivity contribution < 1.29 is 0 Å². The molecule has 3 rings (SSSR count). The van der Waals surface area contributed by atoms with Crippen LogP contribution in [0.15, 0.2) is 29.6 Å². The third-order valence-electron chi connectivity index (χ3n) is 4.10. The van der Waals surface area contributed by atoms with Gasteiger partial charge in [-0.15, -0.1) is 11.3 Å². The number of rotatable bonds is 2. The lowest BCUT2D eigenvalue weighted by Crippen LogP contribution is -2.43. The second kappa shape index (κ2) is 5.02. The highest BCUT2D eigenvalue weighted by Crippen LogP contribution is 2.31. The van der Waals surface area contributed by atoms with Crippen LogP contribution in [0.1, 0.15) is 38.2 Å². The fourth-order valence-electron chi connectivity index (χ4n) is 3.04. The quantitative estimate of drug-likeness (QED) is 0.844. The van der Waals surface area contributed by atoms with Gasteiger partial charge in [-0.1, -0.05) is 31.0 Å². The van der Waals surface area contributed by atoms with Crippen LogP contribution in [-0.4, -0.2) is 12.1 Å². The molecule has 2 heteroatoms. The second-order valence-corrected chi connectivity index (χ2v) is 6.64. The van der Waals surface area contributed by atoms with E-state index in [0.717, 1.165) is 6.42 Å². The fourth-order valence-corrected chi connectivity index (χ4v) is 4.00. The predicted octanol–water partition coefficient (Wildman–Crippen LogP) is 4.37. The zero-order chi connectivity index (χ0) is 12.4. The Morgan fingerprint density at radius 1 is 1.22 bits per heavy atom. The third kappa shape index (κ3) is 2.45.